The van der Waals surface area contributed by atoms with Gasteiger partial charge in [-0.25, -0.2) is 0 Å². The third kappa shape index (κ3) is 13.8. The van der Waals surface area contributed by atoms with Crippen molar-refractivity contribution in [1.82, 2.24) is 0 Å². The lowest BCUT2D eigenvalue weighted by Crippen LogP contribution is -2.17. The molecule has 2 nitrogen and oxygen atoms in total. The molecule has 0 aliphatic carbocycles. The minimum absolute atomic E-state index is 0.0154. The first-order valence-corrected chi connectivity index (χ1v) is 8.35. The average Bonchev–Trinajstić information content (AvgIpc) is 2.45. The molecule has 0 spiro atoms. The average molecular weight is 282 g/mol. The molecule has 0 N–H and O–H groups in total. The maximum absolute atomic E-state index is 5.54. The normalized spacial score (nSPS) is 11.6. The summed E-state index contributed by atoms with van der Waals surface area (Å²) in [4.78, 5) is 0. The van der Waals surface area contributed by atoms with E-state index in [0.717, 1.165) is 19.6 Å². The molecule has 0 aliphatic heterocycles. The summed E-state index contributed by atoms with van der Waals surface area (Å²) in [5.41, 5.74) is 0. The highest BCUT2D eigenvalue weighted by molar-refractivity contribution is 4.96. The van der Waals surface area contributed by atoms with Crippen LogP contribution in [0.2, 0.25) is 0 Å². The molecule has 2 heteroatoms. The Balaban J connectivity index is 3.26. The van der Waals surface area contributed by atoms with Crippen LogP contribution in [0.5, 0.6) is 0 Å². The molecule has 0 aliphatic rings. The molecule has 20 heavy (non-hydrogen) atoms. The van der Waals surface area contributed by atoms with Crippen molar-refractivity contribution in [2.75, 3.05) is 13.2 Å². The van der Waals surface area contributed by atoms with Gasteiger partial charge in [-0.15, -0.1) is 0 Å². The standard InChI is InChI=1S/C18H34O2/c1-4-7-8-9-10-11-12-13-14-15-16-17-18(19-5-2)20-6-3/h4,7-8,18H,1,5-6,9-17H2,2-3H3/b8-7-. The lowest BCUT2D eigenvalue weighted by atomic mass is 10.1. The second-order valence-corrected chi connectivity index (χ2v) is 5.06. The highest BCUT2D eigenvalue weighted by atomic mass is 16.7. The summed E-state index contributed by atoms with van der Waals surface area (Å²) in [6, 6.07) is 0. The lowest BCUT2D eigenvalue weighted by molar-refractivity contribution is -0.140. The van der Waals surface area contributed by atoms with Crippen LogP contribution in [0.1, 0.15) is 71.6 Å². The molecule has 0 bridgehead atoms. The highest BCUT2D eigenvalue weighted by Gasteiger charge is 2.06. The predicted molar refractivity (Wildman–Crippen MR) is 87.9 cm³/mol. The topological polar surface area (TPSA) is 18.5 Å². The van der Waals surface area contributed by atoms with Crippen molar-refractivity contribution in [1.29, 1.82) is 0 Å². The number of hydrogen-bond acceptors (Lipinski definition) is 2. The van der Waals surface area contributed by atoms with Crippen LogP contribution in [0, 0.1) is 0 Å². The van der Waals surface area contributed by atoms with Crippen LogP contribution in [0.4, 0.5) is 0 Å². The van der Waals surface area contributed by atoms with E-state index in [1.165, 1.54) is 51.4 Å². The molecule has 0 saturated carbocycles. The van der Waals surface area contributed by atoms with E-state index in [-0.39, 0.29) is 6.29 Å². The number of hydrogen-bond donors (Lipinski definition) is 0. The first kappa shape index (κ1) is 19.4. The largest absolute Gasteiger partial charge is 0.353 e. The Morgan fingerprint density at radius 3 is 1.95 bits per heavy atom. The van der Waals surface area contributed by atoms with Crippen LogP contribution in [0.25, 0.3) is 0 Å². The fourth-order valence-corrected chi connectivity index (χ4v) is 2.24. The molecular formula is C18H34O2. The fourth-order valence-electron chi connectivity index (χ4n) is 2.24. The van der Waals surface area contributed by atoms with E-state index in [0.29, 0.717) is 0 Å². The van der Waals surface area contributed by atoms with E-state index in [9.17, 15) is 0 Å². The van der Waals surface area contributed by atoms with Crippen LogP contribution in [-0.4, -0.2) is 19.5 Å². The van der Waals surface area contributed by atoms with E-state index in [1.54, 1.807) is 0 Å². The zero-order valence-electron chi connectivity index (χ0n) is 13.6. The molecule has 0 aromatic heterocycles. The molecule has 0 unspecified atom stereocenters. The van der Waals surface area contributed by atoms with Crippen molar-refractivity contribution >= 4 is 0 Å². The van der Waals surface area contributed by atoms with Gasteiger partial charge in [0.15, 0.2) is 6.29 Å². The van der Waals surface area contributed by atoms with Gasteiger partial charge in [0.1, 0.15) is 0 Å². The summed E-state index contributed by atoms with van der Waals surface area (Å²) in [7, 11) is 0. The van der Waals surface area contributed by atoms with Gasteiger partial charge in [0.05, 0.1) is 0 Å². The van der Waals surface area contributed by atoms with E-state index in [1.807, 2.05) is 26.0 Å². The van der Waals surface area contributed by atoms with Crippen molar-refractivity contribution in [3.05, 3.63) is 24.8 Å². The maximum atomic E-state index is 5.54. The quantitative estimate of drug-likeness (QED) is 0.220. The second kappa shape index (κ2) is 16.5. The summed E-state index contributed by atoms with van der Waals surface area (Å²) in [6.07, 6.45) is 17.6. The molecule has 0 atom stereocenters. The highest BCUT2D eigenvalue weighted by Crippen LogP contribution is 2.12. The molecule has 118 valence electrons. The smallest absolute Gasteiger partial charge is 0.157 e. The molecule has 0 aromatic carbocycles. The molecule has 0 rings (SSSR count). The first-order valence-electron chi connectivity index (χ1n) is 8.35. The molecule has 0 radical (unpaired) electrons. The number of unbranched alkanes of at least 4 members (excludes halogenated alkanes) is 7. The zero-order valence-corrected chi connectivity index (χ0v) is 13.6. The Kier molecular flexibility index (Phi) is 16.0. The van der Waals surface area contributed by atoms with Gasteiger partial charge in [0.2, 0.25) is 0 Å². The molecule has 0 aromatic rings. The van der Waals surface area contributed by atoms with E-state index < -0.39 is 0 Å². The summed E-state index contributed by atoms with van der Waals surface area (Å²) < 4.78 is 11.1. The number of rotatable bonds is 15. The summed E-state index contributed by atoms with van der Waals surface area (Å²) in [5.74, 6) is 0. The van der Waals surface area contributed by atoms with Gasteiger partial charge in [-0.2, -0.15) is 0 Å². The molecule has 0 amide bonds. The molecule has 0 heterocycles. The van der Waals surface area contributed by atoms with Crippen LogP contribution in [0.15, 0.2) is 24.8 Å². The Morgan fingerprint density at radius 1 is 0.850 bits per heavy atom. The fraction of sp³-hybridized carbons (Fsp3) is 0.778. The minimum atomic E-state index is 0.0154. The molecule has 0 saturated heterocycles. The summed E-state index contributed by atoms with van der Waals surface area (Å²) in [5, 5.41) is 0. The lowest BCUT2D eigenvalue weighted by Gasteiger charge is -2.16. The molecular weight excluding hydrogens is 248 g/mol. The van der Waals surface area contributed by atoms with Gasteiger partial charge < -0.3 is 9.47 Å². The Labute approximate surface area is 126 Å². The maximum Gasteiger partial charge on any atom is 0.157 e. The Morgan fingerprint density at radius 2 is 1.40 bits per heavy atom. The van der Waals surface area contributed by atoms with Crippen molar-refractivity contribution in [3.63, 3.8) is 0 Å². The van der Waals surface area contributed by atoms with Crippen molar-refractivity contribution in [2.45, 2.75) is 77.9 Å². The summed E-state index contributed by atoms with van der Waals surface area (Å²) in [6.45, 7) is 9.20. The van der Waals surface area contributed by atoms with Gasteiger partial charge in [0, 0.05) is 13.2 Å². The van der Waals surface area contributed by atoms with Gasteiger partial charge in [-0.1, -0.05) is 56.9 Å². The minimum Gasteiger partial charge on any atom is -0.353 e. The summed E-state index contributed by atoms with van der Waals surface area (Å²) >= 11 is 0. The zero-order chi connectivity index (χ0) is 14.9. The second-order valence-electron chi connectivity index (χ2n) is 5.06. The SMILES string of the molecule is C=C/C=C\CCCCCCCCCC(OCC)OCC. The van der Waals surface area contributed by atoms with E-state index in [2.05, 4.69) is 12.7 Å². The van der Waals surface area contributed by atoms with Gasteiger partial charge in [-0.3, -0.25) is 0 Å². The van der Waals surface area contributed by atoms with Crippen molar-refractivity contribution in [3.8, 4) is 0 Å². The van der Waals surface area contributed by atoms with Crippen molar-refractivity contribution in [2.24, 2.45) is 0 Å². The van der Waals surface area contributed by atoms with E-state index in [4.69, 9.17) is 9.47 Å². The van der Waals surface area contributed by atoms with Gasteiger partial charge in [0.25, 0.3) is 0 Å². The van der Waals surface area contributed by atoms with Crippen molar-refractivity contribution < 1.29 is 9.47 Å². The number of ether oxygens (including phenoxy) is 2. The Bertz CT molecular complexity index is 217. The van der Waals surface area contributed by atoms with Gasteiger partial charge in [-0.05, 0) is 39.5 Å². The van der Waals surface area contributed by atoms with Crippen LogP contribution < -0.4 is 0 Å². The van der Waals surface area contributed by atoms with E-state index >= 15 is 0 Å². The monoisotopic (exact) mass is 282 g/mol. The van der Waals surface area contributed by atoms with Gasteiger partial charge >= 0.3 is 0 Å². The third-order valence-corrected chi connectivity index (χ3v) is 3.29. The predicted octanol–water partition coefficient (Wildman–Crippen LogP) is 5.64. The molecule has 0 fully saturated rings. The third-order valence-electron chi connectivity index (χ3n) is 3.29. The number of allylic oxidation sites excluding steroid dienone is 3. The Hall–Kier alpha value is -0.600. The van der Waals surface area contributed by atoms with Crippen LogP contribution >= 0.6 is 0 Å². The van der Waals surface area contributed by atoms with Crippen LogP contribution in [-0.2, 0) is 9.47 Å². The first-order chi connectivity index (χ1) is 9.85. The van der Waals surface area contributed by atoms with Crippen LogP contribution in [0.3, 0.4) is 0 Å².